The van der Waals surface area contributed by atoms with E-state index in [1.807, 2.05) is 27.2 Å². The molecule has 3 unspecified atom stereocenters. The Balaban J connectivity index is 4.07. The van der Waals surface area contributed by atoms with Crippen LogP contribution in [0.2, 0.25) is 0 Å². The van der Waals surface area contributed by atoms with Crippen LogP contribution in [0.5, 0.6) is 0 Å². The van der Waals surface area contributed by atoms with E-state index < -0.39 is 20.0 Å². The Morgan fingerprint density at radius 2 is 0.771 bits per heavy atom. The first kappa shape index (κ1) is 69.2. The zero-order chi connectivity index (χ0) is 51.3. The van der Waals surface area contributed by atoms with Crippen LogP contribution in [0.4, 0.5) is 0 Å². The van der Waals surface area contributed by atoms with Crippen molar-refractivity contribution in [1.29, 1.82) is 0 Å². The van der Waals surface area contributed by atoms with Gasteiger partial charge >= 0.3 is 0 Å². The average molecular weight is 1010 g/mol. The highest BCUT2D eigenvalue weighted by Crippen LogP contribution is 2.38. The summed E-state index contributed by atoms with van der Waals surface area (Å²) in [5.41, 5.74) is 0. The van der Waals surface area contributed by atoms with Crippen molar-refractivity contribution in [2.24, 2.45) is 0 Å². The van der Waals surface area contributed by atoms with Gasteiger partial charge in [0, 0.05) is 6.42 Å². The summed E-state index contributed by atoms with van der Waals surface area (Å²) in [6, 6.07) is -0.882. The number of nitrogens with one attached hydrogen (secondary N) is 1. The van der Waals surface area contributed by atoms with Crippen LogP contribution in [-0.4, -0.2) is 68.5 Å². The first-order chi connectivity index (χ1) is 34.0. The average Bonchev–Trinajstić information content (AvgIpc) is 3.32. The Hall–Kier alpha value is -0.760. The zero-order valence-electron chi connectivity index (χ0n) is 47.8. The molecule has 0 saturated carbocycles. The van der Waals surface area contributed by atoms with Crippen LogP contribution >= 0.6 is 7.82 Å². The molecule has 0 aliphatic carbocycles. The van der Waals surface area contributed by atoms with Gasteiger partial charge in [-0.2, -0.15) is 0 Å². The number of quaternary nitrogens is 1. The molecule has 0 aromatic carbocycles. The molecule has 0 saturated heterocycles. The van der Waals surface area contributed by atoms with Crippen molar-refractivity contribution < 1.29 is 32.9 Å². The summed E-state index contributed by atoms with van der Waals surface area (Å²) >= 11 is 0. The van der Waals surface area contributed by atoms with Gasteiger partial charge in [-0.25, -0.2) is 0 Å². The number of unbranched alkanes of at least 4 members (excludes halogenated alkanes) is 45. The summed E-state index contributed by atoms with van der Waals surface area (Å²) in [6.45, 7) is 4.71. The summed E-state index contributed by atoms with van der Waals surface area (Å²) in [5, 5.41) is 13.9. The second-order valence-electron chi connectivity index (χ2n) is 22.8. The van der Waals surface area contributed by atoms with Crippen LogP contribution in [-0.2, 0) is 18.4 Å². The van der Waals surface area contributed by atoms with E-state index in [0.29, 0.717) is 17.4 Å². The molecule has 0 aliphatic rings. The van der Waals surface area contributed by atoms with Gasteiger partial charge in [0.05, 0.1) is 39.9 Å². The molecule has 0 radical (unpaired) electrons. The number of aliphatic hydroxyl groups is 1. The highest BCUT2D eigenvalue weighted by Gasteiger charge is 2.23. The second kappa shape index (κ2) is 53.1. The minimum atomic E-state index is -4.59. The Labute approximate surface area is 437 Å². The minimum absolute atomic E-state index is 0.00276. The van der Waals surface area contributed by atoms with E-state index in [0.717, 1.165) is 38.5 Å². The summed E-state index contributed by atoms with van der Waals surface area (Å²) in [7, 11) is 1.28. The molecule has 0 aromatic rings. The maximum atomic E-state index is 13.0. The molecule has 0 rings (SSSR count). The molecule has 8 nitrogen and oxygen atoms in total. The van der Waals surface area contributed by atoms with E-state index in [-0.39, 0.29) is 19.1 Å². The molecule has 0 aromatic heterocycles. The lowest BCUT2D eigenvalue weighted by Gasteiger charge is -2.29. The van der Waals surface area contributed by atoms with Crippen molar-refractivity contribution in [2.45, 2.75) is 334 Å². The Bertz CT molecular complexity index is 1150. The zero-order valence-corrected chi connectivity index (χ0v) is 48.6. The molecule has 0 aliphatic heterocycles. The third-order valence-corrected chi connectivity index (χ3v) is 15.5. The highest BCUT2D eigenvalue weighted by atomic mass is 31.2. The normalized spacial score (nSPS) is 13.9. The van der Waals surface area contributed by atoms with Gasteiger partial charge in [0.2, 0.25) is 5.91 Å². The second-order valence-corrected chi connectivity index (χ2v) is 24.2. The summed E-state index contributed by atoms with van der Waals surface area (Å²) in [4.78, 5) is 25.5. The SMILES string of the molecule is CCCCCCCCCCCCCCCCCCC/C=C/C(O)C(COP(=O)([O-])OCC[N+](C)(C)C)NC(=O)CCCCCCCCCCCCCCCCCCCCCCCCCCCCCCC. The third-order valence-electron chi connectivity index (χ3n) is 14.5. The largest absolute Gasteiger partial charge is 0.756 e. The van der Waals surface area contributed by atoms with Gasteiger partial charge in [0.15, 0.2) is 0 Å². The first-order valence-corrected chi connectivity index (χ1v) is 32.5. The minimum Gasteiger partial charge on any atom is -0.756 e. The van der Waals surface area contributed by atoms with Crippen molar-refractivity contribution >= 4 is 13.7 Å². The number of amides is 1. The number of phosphoric acid groups is 1. The molecule has 2 N–H and O–H groups in total. The van der Waals surface area contributed by atoms with Crippen molar-refractivity contribution in [3.63, 3.8) is 0 Å². The van der Waals surface area contributed by atoms with E-state index >= 15 is 0 Å². The fourth-order valence-corrected chi connectivity index (χ4v) is 10.4. The van der Waals surface area contributed by atoms with Crippen molar-refractivity contribution in [3.05, 3.63) is 12.2 Å². The van der Waals surface area contributed by atoms with Crippen molar-refractivity contribution in [3.8, 4) is 0 Å². The lowest BCUT2D eigenvalue weighted by atomic mass is 10.0. The van der Waals surface area contributed by atoms with E-state index in [1.54, 1.807) is 6.08 Å². The fourth-order valence-electron chi connectivity index (χ4n) is 9.63. The van der Waals surface area contributed by atoms with E-state index in [4.69, 9.17) is 9.05 Å². The number of allylic oxidation sites excluding steroid dienone is 1. The number of carbonyl (C=O) groups is 1. The van der Waals surface area contributed by atoms with Gasteiger partial charge in [0.1, 0.15) is 13.2 Å². The maximum Gasteiger partial charge on any atom is 0.268 e. The molecule has 0 bridgehead atoms. The summed E-state index contributed by atoms with van der Waals surface area (Å²) in [5.74, 6) is -0.189. The molecule has 70 heavy (non-hydrogen) atoms. The van der Waals surface area contributed by atoms with Crippen molar-refractivity contribution in [2.75, 3.05) is 40.9 Å². The third kappa shape index (κ3) is 55.0. The van der Waals surface area contributed by atoms with Crippen LogP contribution in [0.1, 0.15) is 322 Å². The molecule has 418 valence electrons. The quantitative estimate of drug-likeness (QED) is 0.0272. The Morgan fingerprint density at radius 1 is 0.486 bits per heavy atom. The van der Waals surface area contributed by atoms with Crippen LogP contribution in [0, 0.1) is 0 Å². The number of carbonyl (C=O) groups excluding carboxylic acids is 1. The topological polar surface area (TPSA) is 108 Å². The Morgan fingerprint density at radius 3 is 1.07 bits per heavy atom. The summed E-state index contributed by atoms with van der Waals surface area (Å²) in [6.07, 6.45) is 65.9. The molecule has 0 spiro atoms. The predicted molar refractivity (Wildman–Crippen MR) is 302 cm³/mol. The van der Waals surface area contributed by atoms with E-state index in [2.05, 4.69) is 19.2 Å². The maximum absolute atomic E-state index is 13.0. The number of likely N-dealkylation sites (N-methyl/N-ethyl adjacent to an activating group) is 1. The van der Waals surface area contributed by atoms with Crippen LogP contribution in [0.25, 0.3) is 0 Å². The van der Waals surface area contributed by atoms with Crippen LogP contribution < -0.4 is 10.2 Å². The van der Waals surface area contributed by atoms with Gasteiger partial charge in [-0.15, -0.1) is 0 Å². The number of nitrogens with zero attached hydrogens (tertiary/aromatic N) is 1. The Kier molecular flexibility index (Phi) is 52.5. The number of hydrogen-bond donors (Lipinski definition) is 2. The van der Waals surface area contributed by atoms with E-state index in [1.165, 1.54) is 263 Å². The van der Waals surface area contributed by atoms with Crippen molar-refractivity contribution in [1.82, 2.24) is 5.32 Å². The van der Waals surface area contributed by atoms with Gasteiger partial charge in [-0.05, 0) is 19.3 Å². The summed E-state index contributed by atoms with van der Waals surface area (Å²) < 4.78 is 23.4. The molecule has 3 atom stereocenters. The van der Waals surface area contributed by atoms with Gasteiger partial charge in [-0.3, -0.25) is 9.36 Å². The first-order valence-electron chi connectivity index (χ1n) is 31.1. The smallest absolute Gasteiger partial charge is 0.268 e. The number of phosphoric ester groups is 1. The molecule has 0 fully saturated rings. The molecular formula is C61H123N2O6P. The standard InChI is InChI=1S/C61H123N2O6P/c1-6-8-10-12-14-16-18-20-22-24-26-27-28-29-30-31-32-33-34-35-37-39-41-43-45-47-49-51-53-55-61(65)62-59(58-69-70(66,67)68-57-56-63(3,4)5)60(64)54-52-50-48-46-44-42-40-38-36-25-23-21-19-17-15-13-11-9-7-2/h52,54,59-60,64H,6-51,53,55-58H2,1-5H3,(H-,62,65,66,67)/b54-52+. The number of aliphatic hydroxyl groups excluding tert-OH is 1. The van der Waals surface area contributed by atoms with Crippen LogP contribution in [0.15, 0.2) is 12.2 Å². The predicted octanol–water partition coefficient (Wildman–Crippen LogP) is 18.4. The molecule has 0 heterocycles. The van der Waals surface area contributed by atoms with Gasteiger partial charge < -0.3 is 28.8 Å². The molecule has 1 amide bonds. The monoisotopic (exact) mass is 1010 g/mol. The van der Waals surface area contributed by atoms with Gasteiger partial charge in [-0.1, -0.05) is 309 Å². The number of hydrogen-bond acceptors (Lipinski definition) is 6. The molecular weight excluding hydrogens is 888 g/mol. The fraction of sp³-hybridized carbons (Fsp3) is 0.951. The van der Waals surface area contributed by atoms with Crippen LogP contribution in [0.3, 0.4) is 0 Å². The molecule has 9 heteroatoms. The van der Waals surface area contributed by atoms with E-state index in [9.17, 15) is 19.4 Å². The lowest BCUT2D eigenvalue weighted by Crippen LogP contribution is -2.45. The lowest BCUT2D eigenvalue weighted by molar-refractivity contribution is -0.870. The number of rotatable bonds is 58. The highest BCUT2D eigenvalue weighted by molar-refractivity contribution is 7.45. The van der Waals surface area contributed by atoms with Gasteiger partial charge in [0.25, 0.3) is 7.82 Å².